The molecule has 0 saturated heterocycles. The zero-order valence-electron chi connectivity index (χ0n) is 11.0. The third kappa shape index (κ3) is 4.46. The summed E-state index contributed by atoms with van der Waals surface area (Å²) in [7, 11) is 0. The summed E-state index contributed by atoms with van der Waals surface area (Å²) in [5.74, 6) is -1.07. The third-order valence-corrected chi connectivity index (χ3v) is 2.34. The Bertz CT molecular complexity index is 467. The third-order valence-electron chi connectivity index (χ3n) is 2.34. The molecule has 0 atom stereocenters. The van der Waals surface area contributed by atoms with E-state index in [9.17, 15) is 9.59 Å². The van der Waals surface area contributed by atoms with Crippen LogP contribution in [0.2, 0.25) is 0 Å². The molecule has 19 heavy (non-hydrogen) atoms. The van der Waals surface area contributed by atoms with E-state index in [1.54, 1.807) is 10.9 Å². The lowest BCUT2D eigenvalue weighted by molar-refractivity contribution is -0.137. The molecule has 1 heterocycles. The lowest BCUT2D eigenvalue weighted by Crippen LogP contribution is -2.38. The van der Waals surface area contributed by atoms with Gasteiger partial charge in [0.25, 0.3) is 0 Å². The maximum atomic E-state index is 11.9. The van der Waals surface area contributed by atoms with Crippen LogP contribution in [0, 0.1) is 0 Å². The number of aliphatic carboxylic acids is 1. The second kappa shape index (κ2) is 6.58. The van der Waals surface area contributed by atoms with Crippen molar-refractivity contribution >= 4 is 17.7 Å². The van der Waals surface area contributed by atoms with Crippen molar-refractivity contribution in [2.24, 2.45) is 0 Å². The van der Waals surface area contributed by atoms with Gasteiger partial charge >= 0.3 is 12.0 Å². The number of carbonyl (C=O) groups excluding carboxylic acids is 1. The Hall–Kier alpha value is -2.31. The van der Waals surface area contributed by atoms with Gasteiger partial charge in [0.2, 0.25) is 0 Å². The first-order valence-electron chi connectivity index (χ1n) is 5.86. The number of hydrogen-bond acceptors (Lipinski definition) is 3. The predicted molar refractivity (Wildman–Crippen MR) is 71.0 cm³/mol. The largest absolute Gasteiger partial charge is 0.480 e. The second-order valence-corrected chi connectivity index (χ2v) is 4.30. The van der Waals surface area contributed by atoms with E-state index < -0.39 is 12.0 Å². The minimum atomic E-state index is -1.07. The summed E-state index contributed by atoms with van der Waals surface area (Å²) >= 11 is 0. The number of nitrogens with one attached hydrogen (secondary N) is 1. The fourth-order valence-corrected chi connectivity index (χ4v) is 1.43. The van der Waals surface area contributed by atoms with Gasteiger partial charge in [-0.15, -0.1) is 6.58 Å². The van der Waals surface area contributed by atoms with Crippen LogP contribution >= 0.6 is 0 Å². The van der Waals surface area contributed by atoms with E-state index in [1.807, 2.05) is 13.8 Å². The van der Waals surface area contributed by atoms with Crippen LogP contribution in [0.1, 0.15) is 19.9 Å². The molecule has 0 aliphatic rings. The molecule has 104 valence electrons. The van der Waals surface area contributed by atoms with Crippen LogP contribution in [0.15, 0.2) is 25.0 Å². The minimum Gasteiger partial charge on any atom is -0.480 e. The highest BCUT2D eigenvalue weighted by atomic mass is 16.4. The lowest BCUT2D eigenvalue weighted by Gasteiger charge is -2.18. The van der Waals surface area contributed by atoms with E-state index in [0.29, 0.717) is 5.69 Å². The van der Waals surface area contributed by atoms with Crippen LogP contribution in [-0.4, -0.2) is 44.9 Å². The highest BCUT2D eigenvalue weighted by Crippen LogP contribution is 2.10. The van der Waals surface area contributed by atoms with E-state index in [1.165, 1.54) is 12.3 Å². The Morgan fingerprint density at radius 2 is 2.32 bits per heavy atom. The number of hydrogen-bond donors (Lipinski definition) is 2. The van der Waals surface area contributed by atoms with Gasteiger partial charge in [0.15, 0.2) is 0 Å². The number of rotatable bonds is 6. The summed E-state index contributed by atoms with van der Waals surface area (Å²) in [5.41, 5.74) is 0.526. The summed E-state index contributed by atoms with van der Waals surface area (Å²) in [6, 6.07) is -0.306. The molecule has 0 aliphatic carbocycles. The first-order valence-corrected chi connectivity index (χ1v) is 5.86. The van der Waals surface area contributed by atoms with Gasteiger partial charge in [0.1, 0.15) is 6.54 Å². The molecule has 1 rings (SSSR count). The molecule has 2 amide bonds. The molecule has 1 aromatic heterocycles. The van der Waals surface area contributed by atoms with Crippen molar-refractivity contribution in [3.8, 4) is 0 Å². The normalized spacial score (nSPS) is 10.3. The highest BCUT2D eigenvalue weighted by molar-refractivity contribution is 5.91. The zero-order chi connectivity index (χ0) is 14.4. The Morgan fingerprint density at radius 1 is 1.63 bits per heavy atom. The first-order chi connectivity index (χ1) is 8.93. The fourth-order valence-electron chi connectivity index (χ4n) is 1.43. The Balaban J connectivity index is 2.69. The summed E-state index contributed by atoms with van der Waals surface area (Å²) in [4.78, 5) is 23.7. The number of anilines is 1. The number of nitrogens with zero attached hydrogens (tertiary/aromatic N) is 3. The van der Waals surface area contributed by atoms with Crippen LogP contribution in [0.3, 0.4) is 0 Å². The van der Waals surface area contributed by atoms with Crippen molar-refractivity contribution in [2.75, 3.05) is 18.4 Å². The number of carboxylic acid groups (broad SMARTS) is 1. The molecule has 0 aromatic carbocycles. The van der Waals surface area contributed by atoms with E-state index in [4.69, 9.17) is 5.11 Å². The quantitative estimate of drug-likeness (QED) is 0.765. The van der Waals surface area contributed by atoms with E-state index in [-0.39, 0.29) is 19.1 Å². The predicted octanol–water partition coefficient (Wildman–Crippen LogP) is 1.57. The average molecular weight is 266 g/mol. The van der Waals surface area contributed by atoms with Gasteiger partial charge < -0.3 is 15.3 Å². The first kappa shape index (κ1) is 14.7. The number of urea groups is 1. The van der Waals surface area contributed by atoms with Gasteiger partial charge in [0.05, 0.1) is 11.9 Å². The van der Waals surface area contributed by atoms with Gasteiger partial charge in [0, 0.05) is 18.8 Å². The Kier molecular flexibility index (Phi) is 5.11. The molecular weight excluding hydrogens is 248 g/mol. The summed E-state index contributed by atoms with van der Waals surface area (Å²) < 4.78 is 1.70. The molecule has 0 aliphatic heterocycles. The second-order valence-electron chi connectivity index (χ2n) is 4.30. The van der Waals surface area contributed by atoms with Crippen molar-refractivity contribution in [3.05, 3.63) is 25.0 Å². The van der Waals surface area contributed by atoms with Gasteiger partial charge in [-0.3, -0.25) is 9.48 Å². The molecule has 0 fully saturated rings. The van der Waals surface area contributed by atoms with Crippen molar-refractivity contribution < 1.29 is 14.7 Å². The molecule has 0 radical (unpaired) electrons. The van der Waals surface area contributed by atoms with Crippen LogP contribution in [-0.2, 0) is 4.79 Å². The van der Waals surface area contributed by atoms with Crippen molar-refractivity contribution in [1.29, 1.82) is 0 Å². The highest BCUT2D eigenvalue weighted by Gasteiger charge is 2.16. The molecule has 2 N–H and O–H groups in total. The van der Waals surface area contributed by atoms with Gasteiger partial charge in [-0.2, -0.15) is 5.10 Å². The van der Waals surface area contributed by atoms with Crippen LogP contribution < -0.4 is 5.32 Å². The van der Waals surface area contributed by atoms with Crippen molar-refractivity contribution in [3.63, 3.8) is 0 Å². The van der Waals surface area contributed by atoms with Crippen molar-refractivity contribution in [2.45, 2.75) is 19.9 Å². The van der Waals surface area contributed by atoms with E-state index in [2.05, 4.69) is 17.0 Å². The minimum absolute atomic E-state index is 0.163. The van der Waals surface area contributed by atoms with Crippen LogP contribution in [0.5, 0.6) is 0 Å². The number of aromatic nitrogens is 2. The number of carbonyl (C=O) groups is 2. The standard InChI is InChI=1S/C12H18N4O3/c1-4-5-15(8-11(17)18)12(19)14-10-6-13-16(7-10)9(2)3/h4,6-7,9H,1,5,8H2,2-3H3,(H,14,19)(H,17,18). The van der Waals surface area contributed by atoms with Crippen LogP contribution in [0.25, 0.3) is 0 Å². The average Bonchev–Trinajstić information content (AvgIpc) is 2.76. The molecule has 7 nitrogen and oxygen atoms in total. The van der Waals surface area contributed by atoms with E-state index in [0.717, 1.165) is 4.90 Å². The Morgan fingerprint density at radius 3 is 2.79 bits per heavy atom. The Labute approximate surface area is 111 Å². The van der Waals surface area contributed by atoms with E-state index >= 15 is 0 Å². The molecular formula is C12H18N4O3. The SMILES string of the molecule is C=CCN(CC(=O)O)C(=O)Nc1cnn(C(C)C)c1. The summed E-state index contributed by atoms with van der Waals surface area (Å²) in [6.45, 7) is 7.21. The molecule has 0 saturated carbocycles. The number of amides is 2. The summed E-state index contributed by atoms with van der Waals surface area (Å²) in [6.07, 6.45) is 4.68. The lowest BCUT2D eigenvalue weighted by atomic mass is 10.4. The van der Waals surface area contributed by atoms with Gasteiger partial charge in [-0.25, -0.2) is 4.79 Å². The molecule has 0 spiro atoms. The molecule has 1 aromatic rings. The van der Waals surface area contributed by atoms with Gasteiger partial charge in [-0.05, 0) is 13.8 Å². The molecule has 0 bridgehead atoms. The molecule has 7 heteroatoms. The maximum Gasteiger partial charge on any atom is 0.323 e. The maximum absolute atomic E-state index is 11.9. The fraction of sp³-hybridized carbons (Fsp3) is 0.417. The van der Waals surface area contributed by atoms with Crippen molar-refractivity contribution in [1.82, 2.24) is 14.7 Å². The van der Waals surface area contributed by atoms with Gasteiger partial charge in [-0.1, -0.05) is 6.08 Å². The summed E-state index contributed by atoms with van der Waals surface area (Å²) in [5, 5.41) is 15.4. The molecule has 0 unspecified atom stereocenters. The number of carboxylic acids is 1. The zero-order valence-corrected chi connectivity index (χ0v) is 11.0. The smallest absolute Gasteiger partial charge is 0.323 e. The monoisotopic (exact) mass is 266 g/mol. The topological polar surface area (TPSA) is 87.5 Å². The van der Waals surface area contributed by atoms with Crippen LogP contribution in [0.4, 0.5) is 10.5 Å².